The second-order valence-corrected chi connectivity index (χ2v) is 9.24. The highest BCUT2D eigenvalue weighted by Gasteiger charge is 2.38. The zero-order valence-corrected chi connectivity index (χ0v) is 19.8. The summed E-state index contributed by atoms with van der Waals surface area (Å²) in [6.45, 7) is 8.58. The van der Waals surface area contributed by atoms with Gasteiger partial charge in [-0.1, -0.05) is 51.1 Å². The number of piperidine rings is 1. The van der Waals surface area contributed by atoms with Crippen molar-refractivity contribution in [3.8, 4) is 6.07 Å². The molecule has 0 bridgehead atoms. The third-order valence-electron chi connectivity index (χ3n) is 6.05. The fourth-order valence-corrected chi connectivity index (χ4v) is 4.24. The Morgan fingerprint density at radius 1 is 1.15 bits per heavy atom. The number of amides is 2. The summed E-state index contributed by atoms with van der Waals surface area (Å²) in [5, 5.41) is 17.5. The number of likely N-dealkylation sites (tertiary alicyclic amines) is 1. The third-order valence-corrected chi connectivity index (χ3v) is 6.05. The molecule has 1 aliphatic rings. The van der Waals surface area contributed by atoms with Crippen molar-refractivity contribution < 1.29 is 14.3 Å². The molecule has 0 radical (unpaired) electrons. The first-order chi connectivity index (χ1) is 15.8. The number of carbonyl (C=O) groups is 2. The second kappa shape index (κ2) is 11.2. The molecule has 7 nitrogen and oxygen atoms in total. The normalized spacial score (nSPS) is 16.7. The van der Waals surface area contributed by atoms with Gasteiger partial charge in [-0.05, 0) is 61.1 Å². The monoisotopic (exact) mass is 450 g/mol. The van der Waals surface area contributed by atoms with Gasteiger partial charge in [0.15, 0.2) is 6.10 Å². The Morgan fingerprint density at radius 2 is 1.85 bits per heavy atom. The lowest BCUT2D eigenvalue weighted by Crippen LogP contribution is -2.57. The number of hydrogen-bond donors (Lipinski definition) is 2. The molecule has 0 aromatic heterocycles. The predicted molar refractivity (Wildman–Crippen MR) is 130 cm³/mol. The van der Waals surface area contributed by atoms with E-state index in [4.69, 9.17) is 4.74 Å². The fourth-order valence-electron chi connectivity index (χ4n) is 4.24. The summed E-state index contributed by atoms with van der Waals surface area (Å²) in [5.74, 6) is -0.276. The van der Waals surface area contributed by atoms with Gasteiger partial charge in [0.2, 0.25) is 0 Å². The molecule has 2 N–H and O–H groups in total. The quantitative estimate of drug-likeness (QED) is 0.609. The zero-order chi connectivity index (χ0) is 23.8. The van der Waals surface area contributed by atoms with Gasteiger partial charge in [-0.2, -0.15) is 5.26 Å². The molecule has 1 atom stereocenters. The molecule has 33 heavy (non-hydrogen) atoms. The molecular formula is C26H34N4O3. The molecule has 2 aromatic carbocycles. The van der Waals surface area contributed by atoms with E-state index in [9.17, 15) is 14.9 Å². The lowest BCUT2D eigenvalue weighted by atomic mass is 9.88. The number of anilines is 1. The molecule has 0 aliphatic carbocycles. The fraction of sp³-hybridized carbons (Fsp3) is 0.500. The SMILES string of the molecule is CCCN1CCC(C#N)(NC(=O)C(CC(C)C)OC(=O)Nc2ccc3ccccc3c2)CC1. The van der Waals surface area contributed by atoms with Gasteiger partial charge in [0.25, 0.3) is 5.91 Å². The predicted octanol–water partition coefficient (Wildman–Crippen LogP) is 4.69. The van der Waals surface area contributed by atoms with Gasteiger partial charge in [0, 0.05) is 18.8 Å². The number of fused-ring (bicyclic) bond motifs is 1. The van der Waals surface area contributed by atoms with E-state index in [0.29, 0.717) is 24.9 Å². The summed E-state index contributed by atoms with van der Waals surface area (Å²) in [6.07, 6.45) is 0.905. The first kappa shape index (κ1) is 24.5. The number of rotatable bonds is 8. The summed E-state index contributed by atoms with van der Waals surface area (Å²) < 4.78 is 5.55. The summed E-state index contributed by atoms with van der Waals surface area (Å²) in [6, 6.07) is 15.8. The molecule has 0 spiro atoms. The van der Waals surface area contributed by atoms with E-state index in [1.165, 1.54) is 0 Å². The van der Waals surface area contributed by atoms with Crippen LogP contribution in [0.15, 0.2) is 42.5 Å². The molecule has 2 amide bonds. The molecule has 3 rings (SSSR count). The van der Waals surface area contributed by atoms with Crippen molar-refractivity contribution in [2.24, 2.45) is 5.92 Å². The first-order valence-corrected chi connectivity index (χ1v) is 11.8. The molecule has 1 aliphatic heterocycles. The van der Waals surface area contributed by atoms with Gasteiger partial charge in [-0.15, -0.1) is 0 Å². The van der Waals surface area contributed by atoms with E-state index in [1.807, 2.05) is 50.2 Å². The summed E-state index contributed by atoms with van der Waals surface area (Å²) >= 11 is 0. The van der Waals surface area contributed by atoms with Crippen LogP contribution in [0.2, 0.25) is 0 Å². The topological polar surface area (TPSA) is 94.5 Å². The molecule has 0 saturated carbocycles. The van der Waals surface area contributed by atoms with E-state index in [1.54, 1.807) is 6.07 Å². The standard InChI is InChI=1S/C26H34N4O3/c1-4-13-30-14-11-26(18-27,12-15-30)29-24(31)23(16-19(2)3)33-25(32)28-22-10-9-20-7-5-6-8-21(20)17-22/h5-10,17,19,23H,4,11-16H2,1-3H3,(H,28,32)(H,29,31). The molecule has 1 saturated heterocycles. The maximum atomic E-state index is 13.1. The minimum atomic E-state index is -0.968. The Balaban J connectivity index is 1.64. The average molecular weight is 451 g/mol. The van der Waals surface area contributed by atoms with E-state index >= 15 is 0 Å². The highest BCUT2D eigenvalue weighted by Crippen LogP contribution is 2.23. The van der Waals surface area contributed by atoms with Crippen molar-refractivity contribution in [3.05, 3.63) is 42.5 Å². The van der Waals surface area contributed by atoms with Crippen molar-refractivity contribution in [2.75, 3.05) is 25.0 Å². The number of carbonyl (C=O) groups excluding carboxylic acids is 2. The maximum Gasteiger partial charge on any atom is 0.412 e. The van der Waals surface area contributed by atoms with Crippen LogP contribution in [-0.2, 0) is 9.53 Å². The maximum absolute atomic E-state index is 13.1. The van der Waals surface area contributed by atoms with Gasteiger partial charge in [-0.25, -0.2) is 4.79 Å². The van der Waals surface area contributed by atoms with Crippen LogP contribution in [0.3, 0.4) is 0 Å². The Labute approximate surface area is 196 Å². The summed E-state index contributed by atoms with van der Waals surface area (Å²) in [7, 11) is 0. The summed E-state index contributed by atoms with van der Waals surface area (Å²) in [5.41, 5.74) is -0.325. The van der Waals surface area contributed by atoms with Crippen LogP contribution in [0.1, 0.15) is 46.5 Å². The molecule has 1 fully saturated rings. The van der Waals surface area contributed by atoms with E-state index in [2.05, 4.69) is 28.5 Å². The van der Waals surface area contributed by atoms with Crippen molar-refractivity contribution >= 4 is 28.5 Å². The van der Waals surface area contributed by atoms with Gasteiger partial charge in [-0.3, -0.25) is 10.1 Å². The van der Waals surface area contributed by atoms with Gasteiger partial charge in [0.05, 0.1) is 6.07 Å². The lowest BCUT2D eigenvalue weighted by Gasteiger charge is -2.38. The van der Waals surface area contributed by atoms with E-state index < -0.39 is 23.6 Å². The molecule has 1 heterocycles. The minimum absolute atomic E-state index is 0.138. The van der Waals surface area contributed by atoms with Crippen LogP contribution < -0.4 is 10.6 Å². The number of ether oxygens (including phenoxy) is 1. The number of hydrogen-bond acceptors (Lipinski definition) is 5. The Hall–Kier alpha value is -3.11. The Kier molecular flexibility index (Phi) is 8.29. The van der Waals surface area contributed by atoms with Crippen LogP contribution in [0.4, 0.5) is 10.5 Å². The first-order valence-electron chi connectivity index (χ1n) is 11.8. The van der Waals surface area contributed by atoms with Crippen molar-refractivity contribution in [1.29, 1.82) is 5.26 Å². The number of benzene rings is 2. The van der Waals surface area contributed by atoms with Crippen LogP contribution in [0.5, 0.6) is 0 Å². The van der Waals surface area contributed by atoms with Crippen molar-refractivity contribution in [1.82, 2.24) is 10.2 Å². The van der Waals surface area contributed by atoms with Gasteiger partial charge in [0.1, 0.15) is 5.54 Å². The highest BCUT2D eigenvalue weighted by molar-refractivity contribution is 5.92. The van der Waals surface area contributed by atoms with E-state index in [0.717, 1.165) is 36.8 Å². The third kappa shape index (κ3) is 6.69. The highest BCUT2D eigenvalue weighted by atomic mass is 16.6. The van der Waals surface area contributed by atoms with Crippen molar-refractivity contribution in [2.45, 2.75) is 58.1 Å². The largest absolute Gasteiger partial charge is 0.436 e. The molecular weight excluding hydrogens is 416 g/mol. The Bertz CT molecular complexity index is 1010. The van der Waals surface area contributed by atoms with Crippen LogP contribution in [-0.4, -0.2) is 48.2 Å². The van der Waals surface area contributed by atoms with Gasteiger partial charge < -0.3 is 15.0 Å². The minimum Gasteiger partial charge on any atom is -0.436 e. The van der Waals surface area contributed by atoms with Crippen molar-refractivity contribution in [3.63, 3.8) is 0 Å². The van der Waals surface area contributed by atoms with Crippen LogP contribution in [0, 0.1) is 17.2 Å². The second-order valence-electron chi connectivity index (χ2n) is 9.24. The smallest absolute Gasteiger partial charge is 0.412 e. The van der Waals surface area contributed by atoms with Crippen LogP contribution >= 0.6 is 0 Å². The van der Waals surface area contributed by atoms with E-state index in [-0.39, 0.29) is 5.92 Å². The number of nitrogens with one attached hydrogen (secondary N) is 2. The van der Waals surface area contributed by atoms with Gasteiger partial charge >= 0.3 is 6.09 Å². The average Bonchev–Trinajstić information content (AvgIpc) is 2.80. The molecule has 1 unspecified atom stereocenters. The molecule has 176 valence electrons. The van der Waals surface area contributed by atoms with Crippen LogP contribution in [0.25, 0.3) is 10.8 Å². The number of nitriles is 1. The number of nitrogens with zero attached hydrogens (tertiary/aromatic N) is 2. The summed E-state index contributed by atoms with van der Waals surface area (Å²) in [4.78, 5) is 28.0. The molecule has 7 heteroatoms. The molecule has 2 aromatic rings. The lowest BCUT2D eigenvalue weighted by molar-refractivity contribution is -0.132. The Morgan fingerprint density at radius 3 is 2.48 bits per heavy atom. The zero-order valence-electron chi connectivity index (χ0n) is 19.8.